The highest BCUT2D eigenvalue weighted by atomic mass is 79.9. The average molecular weight is 605 g/mol. The molecule has 2 aromatic rings. The number of rotatable bonds is 14. The summed E-state index contributed by atoms with van der Waals surface area (Å²) >= 11 is 7.64. The lowest BCUT2D eigenvalue weighted by Crippen LogP contribution is -2.27. The minimum Gasteiger partial charge on any atom is -0.0628 e. The van der Waals surface area contributed by atoms with E-state index in [0.717, 1.165) is 23.7 Å². The van der Waals surface area contributed by atoms with Gasteiger partial charge in [0.2, 0.25) is 0 Å². The summed E-state index contributed by atoms with van der Waals surface area (Å²) < 4.78 is 2.42. The maximum absolute atomic E-state index is 3.82. The highest BCUT2D eigenvalue weighted by Gasteiger charge is 2.43. The Morgan fingerprint density at radius 1 is 0.571 bits per heavy atom. The van der Waals surface area contributed by atoms with Gasteiger partial charge in [-0.05, 0) is 95.9 Å². The van der Waals surface area contributed by atoms with Crippen molar-refractivity contribution in [2.75, 3.05) is 0 Å². The van der Waals surface area contributed by atoms with E-state index in [1.165, 1.54) is 84.3 Å². The molecule has 0 spiro atoms. The van der Waals surface area contributed by atoms with Crippen LogP contribution in [0.1, 0.15) is 117 Å². The Labute approximate surface area is 233 Å². The Balaban J connectivity index is 1.88. The van der Waals surface area contributed by atoms with Gasteiger partial charge in [0.25, 0.3) is 0 Å². The fourth-order valence-corrected chi connectivity index (χ4v) is 6.85. The SMILES string of the molecule is CC(C)CCC[C@@H](C)CCC1(CC[C@H](C)CCCC(C)C)c2cc(Br)ccc2-c2ccc(Br)cc21. The minimum absolute atomic E-state index is 0.122. The van der Waals surface area contributed by atoms with Crippen LogP contribution in [0.2, 0.25) is 0 Å². The quantitative estimate of drug-likeness (QED) is 0.201. The van der Waals surface area contributed by atoms with Crippen molar-refractivity contribution < 1.29 is 0 Å². The van der Waals surface area contributed by atoms with Gasteiger partial charge in [-0.15, -0.1) is 0 Å². The summed E-state index contributed by atoms with van der Waals surface area (Å²) in [4.78, 5) is 0. The third-order valence-electron chi connectivity index (χ3n) is 8.37. The van der Waals surface area contributed by atoms with E-state index < -0.39 is 0 Å². The van der Waals surface area contributed by atoms with Gasteiger partial charge in [0.15, 0.2) is 0 Å². The zero-order valence-electron chi connectivity index (χ0n) is 23.1. The molecule has 0 aliphatic heterocycles. The van der Waals surface area contributed by atoms with Crippen molar-refractivity contribution in [3.63, 3.8) is 0 Å². The van der Waals surface area contributed by atoms with E-state index in [2.05, 4.69) is 110 Å². The summed E-state index contributed by atoms with van der Waals surface area (Å²) in [6, 6.07) is 14.0. The smallest absolute Gasteiger partial charge is 0.0216 e. The summed E-state index contributed by atoms with van der Waals surface area (Å²) in [6.45, 7) is 14.4. The molecule has 194 valence electrons. The molecule has 0 fully saturated rings. The number of fused-ring (bicyclic) bond motifs is 3. The monoisotopic (exact) mass is 602 g/mol. The van der Waals surface area contributed by atoms with Crippen LogP contribution in [0.5, 0.6) is 0 Å². The van der Waals surface area contributed by atoms with Crippen LogP contribution in [-0.4, -0.2) is 0 Å². The largest absolute Gasteiger partial charge is 0.0628 e. The van der Waals surface area contributed by atoms with E-state index in [1.54, 1.807) is 11.1 Å². The van der Waals surface area contributed by atoms with Gasteiger partial charge in [-0.1, -0.05) is 124 Å². The molecule has 0 bridgehead atoms. The second-order valence-electron chi connectivity index (χ2n) is 12.4. The molecule has 2 aromatic carbocycles. The Morgan fingerprint density at radius 2 is 0.971 bits per heavy atom. The molecule has 0 N–H and O–H groups in total. The summed E-state index contributed by atoms with van der Waals surface area (Å²) in [5.74, 6) is 3.19. The van der Waals surface area contributed by atoms with Gasteiger partial charge in [0.05, 0.1) is 0 Å². The molecule has 0 saturated heterocycles. The van der Waals surface area contributed by atoms with Gasteiger partial charge in [-0.3, -0.25) is 0 Å². The van der Waals surface area contributed by atoms with E-state index in [0.29, 0.717) is 0 Å². The van der Waals surface area contributed by atoms with Crippen molar-refractivity contribution in [2.45, 2.75) is 111 Å². The predicted molar refractivity (Wildman–Crippen MR) is 162 cm³/mol. The van der Waals surface area contributed by atoms with Crippen LogP contribution in [0.25, 0.3) is 11.1 Å². The zero-order valence-corrected chi connectivity index (χ0v) is 26.3. The van der Waals surface area contributed by atoms with Crippen molar-refractivity contribution in [3.8, 4) is 11.1 Å². The zero-order chi connectivity index (χ0) is 25.6. The summed E-state index contributed by atoms with van der Waals surface area (Å²) in [5, 5.41) is 0. The van der Waals surface area contributed by atoms with Crippen LogP contribution in [0.4, 0.5) is 0 Å². The predicted octanol–water partition coefficient (Wildman–Crippen LogP) is 12.0. The first-order valence-electron chi connectivity index (χ1n) is 14.2. The van der Waals surface area contributed by atoms with Crippen LogP contribution in [0.3, 0.4) is 0 Å². The molecule has 0 amide bonds. The van der Waals surface area contributed by atoms with Gasteiger partial charge < -0.3 is 0 Å². The fraction of sp³-hybridized carbons (Fsp3) is 0.636. The normalized spacial score (nSPS) is 15.9. The molecule has 35 heavy (non-hydrogen) atoms. The molecule has 1 aliphatic rings. The van der Waals surface area contributed by atoms with E-state index in [4.69, 9.17) is 0 Å². The molecule has 0 aromatic heterocycles. The first-order chi connectivity index (χ1) is 16.6. The van der Waals surface area contributed by atoms with Crippen molar-refractivity contribution in [1.29, 1.82) is 0 Å². The molecule has 0 unspecified atom stereocenters. The van der Waals surface area contributed by atoms with Crippen molar-refractivity contribution >= 4 is 31.9 Å². The molecule has 0 radical (unpaired) electrons. The number of benzene rings is 2. The second-order valence-corrected chi connectivity index (χ2v) is 14.2. The summed E-state index contributed by atoms with van der Waals surface area (Å²) in [5.41, 5.74) is 6.15. The van der Waals surface area contributed by atoms with Crippen LogP contribution < -0.4 is 0 Å². The van der Waals surface area contributed by atoms with Crippen LogP contribution in [0, 0.1) is 23.7 Å². The van der Waals surface area contributed by atoms with Gasteiger partial charge in [-0.2, -0.15) is 0 Å². The van der Waals surface area contributed by atoms with Gasteiger partial charge in [0, 0.05) is 14.4 Å². The molecule has 3 rings (SSSR count). The van der Waals surface area contributed by atoms with E-state index >= 15 is 0 Å². The van der Waals surface area contributed by atoms with Gasteiger partial charge in [0.1, 0.15) is 0 Å². The molecule has 2 atom stereocenters. The topological polar surface area (TPSA) is 0 Å². The minimum atomic E-state index is 0.122. The molecular formula is C33H48Br2. The standard InChI is InChI=1S/C33H48Br2/c1-23(2)9-7-11-25(5)17-19-33(20-18-26(6)12-8-10-24(3)4)31-21-27(34)13-15-29(31)30-16-14-28(35)22-32(30)33/h13-16,21-26H,7-12,17-20H2,1-6H3/t25-,26-/m1/s1. The molecule has 0 heterocycles. The average Bonchev–Trinajstić information content (AvgIpc) is 3.04. The molecule has 0 nitrogen and oxygen atoms in total. The number of hydrogen-bond donors (Lipinski definition) is 0. The van der Waals surface area contributed by atoms with E-state index in [9.17, 15) is 0 Å². The Morgan fingerprint density at radius 3 is 1.34 bits per heavy atom. The van der Waals surface area contributed by atoms with Gasteiger partial charge >= 0.3 is 0 Å². The Hall–Kier alpha value is -0.600. The lowest BCUT2D eigenvalue weighted by Gasteiger charge is -2.35. The Bertz CT molecular complexity index is 865. The van der Waals surface area contributed by atoms with E-state index in [-0.39, 0.29) is 5.41 Å². The fourth-order valence-electron chi connectivity index (χ4n) is 6.13. The van der Waals surface area contributed by atoms with Crippen molar-refractivity contribution in [3.05, 3.63) is 56.5 Å². The highest BCUT2D eigenvalue weighted by molar-refractivity contribution is 9.10. The van der Waals surface area contributed by atoms with E-state index in [1.807, 2.05) is 0 Å². The van der Waals surface area contributed by atoms with Crippen molar-refractivity contribution in [1.82, 2.24) is 0 Å². The lowest BCUT2D eigenvalue weighted by molar-refractivity contribution is 0.327. The van der Waals surface area contributed by atoms with Crippen LogP contribution in [0.15, 0.2) is 45.3 Å². The highest BCUT2D eigenvalue weighted by Crippen LogP contribution is 2.55. The number of hydrogen-bond acceptors (Lipinski definition) is 0. The first-order valence-corrected chi connectivity index (χ1v) is 15.8. The summed E-state index contributed by atoms with van der Waals surface area (Å²) in [7, 11) is 0. The maximum Gasteiger partial charge on any atom is 0.0216 e. The molecule has 1 aliphatic carbocycles. The third-order valence-corrected chi connectivity index (χ3v) is 9.36. The molecular weight excluding hydrogens is 556 g/mol. The van der Waals surface area contributed by atoms with Crippen LogP contribution >= 0.6 is 31.9 Å². The first kappa shape index (κ1) is 29.0. The van der Waals surface area contributed by atoms with Gasteiger partial charge in [-0.25, -0.2) is 0 Å². The lowest BCUT2D eigenvalue weighted by atomic mass is 9.69. The second kappa shape index (κ2) is 13.3. The van der Waals surface area contributed by atoms with Crippen LogP contribution in [-0.2, 0) is 5.41 Å². The third kappa shape index (κ3) is 7.70. The molecule has 0 saturated carbocycles. The van der Waals surface area contributed by atoms with Crippen molar-refractivity contribution in [2.24, 2.45) is 23.7 Å². The maximum atomic E-state index is 3.82. The Kier molecular flexibility index (Phi) is 11.0. The molecule has 2 heteroatoms. The number of halogens is 2. The summed E-state index contributed by atoms with van der Waals surface area (Å²) in [6.07, 6.45) is 13.3.